The molecule has 0 bridgehead atoms. The van der Waals surface area contributed by atoms with E-state index in [1.807, 2.05) is 37.3 Å². The van der Waals surface area contributed by atoms with Crippen LogP contribution in [-0.4, -0.2) is 24.3 Å². The minimum atomic E-state index is -0.197. The highest BCUT2D eigenvalue weighted by Crippen LogP contribution is 2.34. The van der Waals surface area contributed by atoms with Gasteiger partial charge >= 0.3 is 0 Å². The van der Waals surface area contributed by atoms with E-state index in [1.165, 1.54) is 0 Å². The zero-order valence-corrected chi connectivity index (χ0v) is 15.4. The van der Waals surface area contributed by atoms with Gasteiger partial charge in [-0.15, -0.1) is 0 Å². The number of halogens is 1. The molecule has 0 saturated heterocycles. The predicted molar refractivity (Wildman–Crippen MR) is 101 cm³/mol. The third kappa shape index (κ3) is 3.90. The van der Waals surface area contributed by atoms with Crippen molar-refractivity contribution >= 4 is 23.2 Å². The zero-order chi connectivity index (χ0) is 18.8. The molecule has 2 heterocycles. The molecule has 2 aromatic carbocycles. The Bertz CT molecular complexity index is 999. The Morgan fingerprint density at radius 1 is 1.11 bits per heavy atom. The smallest absolute Gasteiger partial charge is 0.230 e. The van der Waals surface area contributed by atoms with Gasteiger partial charge in [0.05, 0.1) is 12.1 Å². The fraction of sp³-hybridized carbons (Fsp3) is 0.200. The maximum absolute atomic E-state index is 12.2. The minimum Gasteiger partial charge on any atom is -0.486 e. The van der Waals surface area contributed by atoms with Gasteiger partial charge in [0, 0.05) is 22.3 Å². The third-order valence-electron chi connectivity index (χ3n) is 4.18. The van der Waals surface area contributed by atoms with E-state index < -0.39 is 0 Å². The Kier molecular flexibility index (Phi) is 4.73. The summed E-state index contributed by atoms with van der Waals surface area (Å²) in [4.78, 5) is 12.2. The van der Waals surface area contributed by atoms with Crippen molar-refractivity contribution < 1.29 is 18.8 Å². The SMILES string of the molecule is Cc1ccc(NC(=O)Cc2cc(-c3ccc4c(c3)OCCO4)on2)cc1Cl. The monoisotopic (exact) mass is 384 g/mol. The number of carbonyl (C=O) groups is 1. The number of fused-ring (bicyclic) bond motifs is 1. The lowest BCUT2D eigenvalue weighted by Crippen LogP contribution is -2.15. The average Bonchev–Trinajstić information content (AvgIpc) is 3.12. The molecule has 0 atom stereocenters. The van der Waals surface area contributed by atoms with Gasteiger partial charge in [0.15, 0.2) is 17.3 Å². The molecule has 1 aliphatic rings. The van der Waals surface area contributed by atoms with E-state index in [4.69, 9.17) is 25.6 Å². The summed E-state index contributed by atoms with van der Waals surface area (Å²) in [5, 5.41) is 7.40. The fourth-order valence-electron chi connectivity index (χ4n) is 2.77. The number of nitrogens with one attached hydrogen (secondary N) is 1. The number of hydrogen-bond acceptors (Lipinski definition) is 5. The van der Waals surface area contributed by atoms with Gasteiger partial charge < -0.3 is 19.3 Å². The Balaban J connectivity index is 1.44. The van der Waals surface area contributed by atoms with Crippen LogP contribution in [0.1, 0.15) is 11.3 Å². The van der Waals surface area contributed by atoms with E-state index in [1.54, 1.807) is 12.1 Å². The maximum atomic E-state index is 12.2. The number of aromatic nitrogens is 1. The van der Waals surface area contributed by atoms with Crippen molar-refractivity contribution in [2.45, 2.75) is 13.3 Å². The first-order valence-electron chi connectivity index (χ1n) is 8.50. The van der Waals surface area contributed by atoms with E-state index in [9.17, 15) is 4.79 Å². The van der Waals surface area contributed by atoms with Gasteiger partial charge in [-0.3, -0.25) is 4.79 Å². The molecule has 1 N–H and O–H groups in total. The van der Waals surface area contributed by atoms with Crippen molar-refractivity contribution in [3.63, 3.8) is 0 Å². The lowest BCUT2D eigenvalue weighted by Gasteiger charge is -2.18. The quantitative estimate of drug-likeness (QED) is 0.727. The van der Waals surface area contributed by atoms with Gasteiger partial charge in [0.2, 0.25) is 5.91 Å². The van der Waals surface area contributed by atoms with Crippen molar-refractivity contribution in [1.29, 1.82) is 0 Å². The Morgan fingerprint density at radius 3 is 2.74 bits per heavy atom. The molecule has 0 unspecified atom stereocenters. The molecule has 7 heteroatoms. The van der Waals surface area contributed by atoms with E-state index in [0.29, 0.717) is 46.9 Å². The lowest BCUT2D eigenvalue weighted by molar-refractivity contribution is -0.115. The average molecular weight is 385 g/mol. The van der Waals surface area contributed by atoms with Gasteiger partial charge in [0.25, 0.3) is 0 Å². The molecule has 0 aliphatic carbocycles. The molecule has 138 valence electrons. The Labute approximate surface area is 161 Å². The highest BCUT2D eigenvalue weighted by molar-refractivity contribution is 6.31. The number of amides is 1. The van der Waals surface area contributed by atoms with Crippen LogP contribution >= 0.6 is 11.6 Å². The first-order valence-corrected chi connectivity index (χ1v) is 8.88. The molecule has 0 radical (unpaired) electrons. The first-order chi connectivity index (χ1) is 13.1. The molecule has 0 fully saturated rings. The summed E-state index contributed by atoms with van der Waals surface area (Å²) in [5.74, 6) is 1.75. The molecule has 27 heavy (non-hydrogen) atoms. The highest BCUT2D eigenvalue weighted by atomic mass is 35.5. The van der Waals surface area contributed by atoms with Gasteiger partial charge in [0.1, 0.15) is 13.2 Å². The second kappa shape index (κ2) is 7.32. The second-order valence-corrected chi connectivity index (χ2v) is 6.64. The van der Waals surface area contributed by atoms with Crippen LogP contribution in [-0.2, 0) is 11.2 Å². The van der Waals surface area contributed by atoms with Crippen molar-refractivity contribution in [2.75, 3.05) is 18.5 Å². The normalized spacial score (nSPS) is 12.7. The highest BCUT2D eigenvalue weighted by Gasteiger charge is 2.16. The van der Waals surface area contributed by atoms with Crippen LogP contribution in [0.3, 0.4) is 0 Å². The molecule has 0 saturated carbocycles. The number of carbonyl (C=O) groups excluding carboxylic acids is 1. The summed E-state index contributed by atoms with van der Waals surface area (Å²) >= 11 is 6.08. The Hall–Kier alpha value is -2.99. The van der Waals surface area contributed by atoms with Crippen molar-refractivity contribution in [1.82, 2.24) is 5.16 Å². The molecule has 1 aromatic heterocycles. The van der Waals surface area contributed by atoms with Crippen LogP contribution in [0.4, 0.5) is 5.69 Å². The summed E-state index contributed by atoms with van der Waals surface area (Å²) in [6.45, 7) is 2.96. The number of benzene rings is 2. The lowest BCUT2D eigenvalue weighted by atomic mass is 10.1. The van der Waals surface area contributed by atoms with Crippen molar-refractivity contribution in [2.24, 2.45) is 0 Å². The third-order valence-corrected chi connectivity index (χ3v) is 4.59. The summed E-state index contributed by atoms with van der Waals surface area (Å²) in [6.07, 6.45) is 0.0968. The fourth-order valence-corrected chi connectivity index (χ4v) is 2.95. The molecular weight excluding hydrogens is 368 g/mol. The molecule has 0 spiro atoms. The number of anilines is 1. The molecule has 1 amide bonds. The topological polar surface area (TPSA) is 73.6 Å². The van der Waals surface area contributed by atoms with E-state index in [0.717, 1.165) is 11.1 Å². The molecule has 6 nitrogen and oxygen atoms in total. The van der Waals surface area contributed by atoms with Crippen LogP contribution in [0.5, 0.6) is 11.5 Å². The number of aryl methyl sites for hydroxylation is 1. The van der Waals surface area contributed by atoms with E-state index >= 15 is 0 Å². The molecule has 4 rings (SSSR count). The summed E-state index contributed by atoms with van der Waals surface area (Å²) in [5.41, 5.74) is 2.95. The first kappa shape index (κ1) is 17.4. The summed E-state index contributed by atoms with van der Waals surface area (Å²) in [7, 11) is 0. The largest absolute Gasteiger partial charge is 0.486 e. The second-order valence-electron chi connectivity index (χ2n) is 6.23. The van der Waals surface area contributed by atoms with Gasteiger partial charge in [-0.1, -0.05) is 22.8 Å². The van der Waals surface area contributed by atoms with Gasteiger partial charge in [-0.2, -0.15) is 0 Å². The van der Waals surface area contributed by atoms with Crippen LogP contribution in [0.25, 0.3) is 11.3 Å². The van der Waals surface area contributed by atoms with Crippen LogP contribution in [0.15, 0.2) is 47.0 Å². The van der Waals surface area contributed by atoms with E-state index in [-0.39, 0.29) is 12.3 Å². The number of nitrogens with zero attached hydrogens (tertiary/aromatic N) is 1. The molecular formula is C20H17ClN2O4. The number of rotatable bonds is 4. The Morgan fingerprint density at radius 2 is 1.93 bits per heavy atom. The van der Waals surface area contributed by atoms with Crippen molar-refractivity contribution in [3.8, 4) is 22.8 Å². The zero-order valence-electron chi connectivity index (χ0n) is 14.6. The molecule has 3 aromatic rings. The van der Waals surface area contributed by atoms with Crippen molar-refractivity contribution in [3.05, 3.63) is 58.7 Å². The minimum absolute atomic E-state index is 0.0968. The van der Waals surface area contributed by atoms with Crippen LogP contribution < -0.4 is 14.8 Å². The van der Waals surface area contributed by atoms with Gasteiger partial charge in [-0.25, -0.2) is 0 Å². The van der Waals surface area contributed by atoms with Crippen LogP contribution in [0.2, 0.25) is 5.02 Å². The van der Waals surface area contributed by atoms with Gasteiger partial charge in [-0.05, 0) is 42.8 Å². The number of hydrogen-bond donors (Lipinski definition) is 1. The predicted octanol–water partition coefficient (Wildman–Crippen LogP) is 4.26. The van der Waals surface area contributed by atoms with E-state index in [2.05, 4.69) is 10.5 Å². The summed E-state index contributed by atoms with van der Waals surface area (Å²) < 4.78 is 16.5. The number of ether oxygens (including phenoxy) is 2. The van der Waals surface area contributed by atoms with Crippen LogP contribution in [0, 0.1) is 6.92 Å². The summed E-state index contributed by atoms with van der Waals surface area (Å²) in [6, 6.07) is 12.7. The maximum Gasteiger partial charge on any atom is 0.230 e. The molecule has 1 aliphatic heterocycles. The standard InChI is InChI=1S/C20H17ClN2O4/c1-12-2-4-14(9-16(12)21)22-20(24)11-15-10-18(27-23-15)13-3-5-17-19(8-13)26-7-6-25-17/h2-5,8-10H,6-7,11H2,1H3,(H,22,24).